The van der Waals surface area contributed by atoms with E-state index in [0.717, 1.165) is 23.5 Å². The monoisotopic (exact) mass is 401 g/mol. The first kappa shape index (κ1) is 22.3. The van der Waals surface area contributed by atoms with E-state index in [9.17, 15) is 4.79 Å². The van der Waals surface area contributed by atoms with Crippen molar-refractivity contribution < 1.29 is 18.7 Å². The second-order valence-corrected chi connectivity index (χ2v) is 7.53. The third-order valence-electron chi connectivity index (χ3n) is 3.86. The molecule has 7 nitrogen and oxygen atoms in total. The summed E-state index contributed by atoms with van der Waals surface area (Å²) in [4.78, 5) is 16.5. The molecule has 0 aliphatic heterocycles. The molecule has 0 amide bonds. The van der Waals surface area contributed by atoms with Crippen molar-refractivity contribution in [3.8, 4) is 5.75 Å². The Kier molecular flexibility index (Phi) is 8.58. The number of nitrogens with one attached hydrogen (secondary N) is 2. The summed E-state index contributed by atoms with van der Waals surface area (Å²) < 4.78 is 15.9. The van der Waals surface area contributed by atoms with Crippen LogP contribution in [-0.4, -0.2) is 37.7 Å². The second-order valence-electron chi connectivity index (χ2n) is 7.53. The van der Waals surface area contributed by atoms with E-state index in [1.807, 2.05) is 57.2 Å². The lowest BCUT2D eigenvalue weighted by Gasteiger charge is -2.19. The van der Waals surface area contributed by atoms with Crippen molar-refractivity contribution in [3.05, 3.63) is 54.0 Å². The summed E-state index contributed by atoms with van der Waals surface area (Å²) in [6.45, 7) is 7.17. The molecule has 0 aliphatic rings. The minimum absolute atomic E-state index is 0.241. The van der Waals surface area contributed by atoms with Gasteiger partial charge in [-0.3, -0.25) is 4.79 Å². The van der Waals surface area contributed by atoms with E-state index in [0.29, 0.717) is 25.6 Å². The van der Waals surface area contributed by atoms with Gasteiger partial charge >= 0.3 is 5.97 Å². The molecule has 2 aromatic rings. The van der Waals surface area contributed by atoms with Crippen LogP contribution in [-0.2, 0) is 22.5 Å². The van der Waals surface area contributed by atoms with Gasteiger partial charge in [-0.05, 0) is 50.6 Å². The fraction of sp³-hybridized carbons (Fsp3) is 0.455. The predicted octanol–water partition coefficient (Wildman–Crippen LogP) is 3.30. The molecule has 0 unspecified atom stereocenters. The number of methoxy groups -OCH3 is 1. The quantitative estimate of drug-likeness (QED) is 0.381. The first-order chi connectivity index (χ1) is 13.9. The summed E-state index contributed by atoms with van der Waals surface area (Å²) in [5.74, 6) is 2.11. The van der Waals surface area contributed by atoms with E-state index in [4.69, 9.17) is 13.9 Å². The average molecular weight is 402 g/mol. The van der Waals surface area contributed by atoms with Crippen LogP contribution in [0, 0.1) is 0 Å². The molecule has 0 fully saturated rings. The fourth-order valence-corrected chi connectivity index (χ4v) is 2.51. The van der Waals surface area contributed by atoms with Crippen molar-refractivity contribution in [1.29, 1.82) is 0 Å². The highest BCUT2D eigenvalue weighted by Crippen LogP contribution is 2.12. The van der Waals surface area contributed by atoms with E-state index < -0.39 is 5.60 Å². The molecule has 1 aromatic heterocycles. The van der Waals surface area contributed by atoms with Crippen molar-refractivity contribution in [2.24, 2.45) is 4.99 Å². The maximum Gasteiger partial charge on any atom is 0.308 e. The van der Waals surface area contributed by atoms with Gasteiger partial charge in [0.2, 0.25) is 0 Å². The topological polar surface area (TPSA) is 85.1 Å². The number of guanidine groups is 1. The maximum atomic E-state index is 11.9. The molecular formula is C22H31N3O4. The smallest absolute Gasteiger partial charge is 0.308 e. The van der Waals surface area contributed by atoms with Crippen molar-refractivity contribution in [3.63, 3.8) is 0 Å². The normalized spacial score (nSPS) is 11.8. The van der Waals surface area contributed by atoms with Gasteiger partial charge in [0.05, 0.1) is 26.3 Å². The van der Waals surface area contributed by atoms with Crippen LogP contribution < -0.4 is 15.4 Å². The Bertz CT molecular complexity index is 762. The van der Waals surface area contributed by atoms with Gasteiger partial charge in [0, 0.05) is 19.5 Å². The highest BCUT2D eigenvalue weighted by molar-refractivity contribution is 5.80. The minimum atomic E-state index is -0.482. The van der Waals surface area contributed by atoms with Crippen LogP contribution >= 0.6 is 0 Å². The first-order valence-electron chi connectivity index (χ1n) is 9.75. The number of furan rings is 1. The van der Waals surface area contributed by atoms with Crippen molar-refractivity contribution >= 4 is 11.9 Å². The predicted molar refractivity (Wildman–Crippen MR) is 113 cm³/mol. The van der Waals surface area contributed by atoms with Gasteiger partial charge in [-0.25, -0.2) is 4.99 Å². The SMILES string of the molecule is COc1ccc(CN=C(NCCC(=O)OC(C)(C)C)NCCc2ccco2)cc1. The van der Waals surface area contributed by atoms with Crippen molar-refractivity contribution in [2.75, 3.05) is 20.2 Å². The van der Waals surface area contributed by atoms with Crippen molar-refractivity contribution in [2.45, 2.75) is 45.8 Å². The maximum absolute atomic E-state index is 11.9. The number of rotatable bonds is 9. The largest absolute Gasteiger partial charge is 0.497 e. The van der Waals surface area contributed by atoms with Gasteiger partial charge in [-0.15, -0.1) is 0 Å². The van der Waals surface area contributed by atoms with Crippen LogP contribution in [0.3, 0.4) is 0 Å². The molecule has 2 N–H and O–H groups in total. The summed E-state index contributed by atoms with van der Waals surface area (Å²) in [5.41, 5.74) is 0.578. The zero-order valence-corrected chi connectivity index (χ0v) is 17.7. The third kappa shape index (κ3) is 9.19. The molecule has 0 bridgehead atoms. The lowest BCUT2D eigenvalue weighted by atomic mass is 10.2. The summed E-state index contributed by atoms with van der Waals surface area (Å²) in [6, 6.07) is 11.6. The average Bonchev–Trinajstić information content (AvgIpc) is 3.18. The van der Waals surface area contributed by atoms with Gasteiger partial charge in [-0.1, -0.05) is 12.1 Å². The molecule has 2 rings (SSSR count). The summed E-state index contributed by atoms with van der Waals surface area (Å²) in [7, 11) is 1.64. The number of aliphatic imine (C=N–C) groups is 1. The molecule has 7 heteroatoms. The van der Waals surface area contributed by atoms with Crippen LogP contribution in [0.25, 0.3) is 0 Å². The van der Waals surface area contributed by atoms with Crippen LogP contribution in [0.4, 0.5) is 0 Å². The number of hydrogen-bond acceptors (Lipinski definition) is 5. The second kappa shape index (κ2) is 11.1. The molecule has 0 saturated carbocycles. The number of carbonyl (C=O) groups is 1. The molecule has 0 atom stereocenters. The molecule has 0 aliphatic carbocycles. The van der Waals surface area contributed by atoms with E-state index >= 15 is 0 Å². The number of hydrogen-bond donors (Lipinski definition) is 2. The Morgan fingerprint density at radius 3 is 2.45 bits per heavy atom. The molecule has 0 saturated heterocycles. The first-order valence-corrected chi connectivity index (χ1v) is 9.75. The van der Waals surface area contributed by atoms with E-state index in [-0.39, 0.29) is 12.4 Å². The van der Waals surface area contributed by atoms with Crippen LogP contribution in [0.15, 0.2) is 52.1 Å². The number of ether oxygens (including phenoxy) is 2. The third-order valence-corrected chi connectivity index (χ3v) is 3.86. The number of nitrogens with zero attached hydrogens (tertiary/aromatic N) is 1. The minimum Gasteiger partial charge on any atom is -0.497 e. The van der Waals surface area contributed by atoms with Gasteiger partial charge < -0.3 is 24.5 Å². The van der Waals surface area contributed by atoms with E-state index in [1.54, 1.807) is 13.4 Å². The Morgan fingerprint density at radius 2 is 1.83 bits per heavy atom. The lowest BCUT2D eigenvalue weighted by molar-refractivity contribution is -0.154. The number of carbonyl (C=O) groups excluding carboxylic acids is 1. The Balaban J connectivity index is 1.89. The lowest BCUT2D eigenvalue weighted by Crippen LogP contribution is -2.39. The van der Waals surface area contributed by atoms with E-state index in [2.05, 4.69) is 15.6 Å². The van der Waals surface area contributed by atoms with Gasteiger partial charge in [0.25, 0.3) is 0 Å². The molecule has 158 valence electrons. The van der Waals surface area contributed by atoms with Crippen LogP contribution in [0.1, 0.15) is 38.5 Å². The fourth-order valence-electron chi connectivity index (χ4n) is 2.51. The van der Waals surface area contributed by atoms with E-state index in [1.165, 1.54) is 0 Å². The molecular weight excluding hydrogens is 370 g/mol. The number of benzene rings is 1. The molecule has 0 spiro atoms. The number of esters is 1. The Morgan fingerprint density at radius 1 is 1.10 bits per heavy atom. The van der Waals surface area contributed by atoms with Crippen molar-refractivity contribution in [1.82, 2.24) is 10.6 Å². The Hall–Kier alpha value is -2.96. The summed E-state index contributed by atoms with van der Waals surface area (Å²) in [5, 5.41) is 6.47. The van der Waals surface area contributed by atoms with Gasteiger partial charge in [-0.2, -0.15) is 0 Å². The standard InChI is InChI=1S/C22H31N3O4/c1-22(2,3)29-20(26)12-14-24-21(23-13-11-19-6-5-15-28-19)25-16-17-7-9-18(27-4)10-8-17/h5-10,15H,11-14,16H2,1-4H3,(H2,23,24,25). The van der Waals surface area contributed by atoms with Crippen LogP contribution in [0.5, 0.6) is 5.75 Å². The molecule has 1 heterocycles. The molecule has 29 heavy (non-hydrogen) atoms. The zero-order chi connectivity index (χ0) is 21.1. The summed E-state index contributed by atoms with van der Waals surface area (Å²) in [6.07, 6.45) is 2.66. The van der Waals surface area contributed by atoms with Gasteiger partial charge in [0.15, 0.2) is 5.96 Å². The molecule has 1 aromatic carbocycles. The van der Waals surface area contributed by atoms with Gasteiger partial charge in [0.1, 0.15) is 17.1 Å². The zero-order valence-electron chi connectivity index (χ0n) is 17.7. The van der Waals surface area contributed by atoms with Crippen LogP contribution in [0.2, 0.25) is 0 Å². The highest BCUT2D eigenvalue weighted by Gasteiger charge is 2.15. The molecule has 0 radical (unpaired) electrons. The highest BCUT2D eigenvalue weighted by atomic mass is 16.6. The summed E-state index contributed by atoms with van der Waals surface area (Å²) >= 11 is 0. The Labute approximate surface area is 172 Å².